The fraction of sp³-hybridized carbons (Fsp3) is 0.136. The summed E-state index contributed by atoms with van der Waals surface area (Å²) in [6, 6.07) is 15.3. The van der Waals surface area contributed by atoms with Gasteiger partial charge in [0, 0.05) is 40.3 Å². The van der Waals surface area contributed by atoms with E-state index in [-0.39, 0.29) is 4.90 Å². The topological polar surface area (TPSA) is 106 Å². The summed E-state index contributed by atoms with van der Waals surface area (Å²) in [5.74, 6) is 1.02. The first-order valence-corrected chi connectivity index (χ1v) is 11.3. The van der Waals surface area contributed by atoms with Gasteiger partial charge in [0.05, 0.1) is 19.1 Å². The maximum Gasteiger partial charge on any atom is 0.323 e. The highest BCUT2D eigenvalue weighted by Crippen LogP contribution is 2.27. The largest absolute Gasteiger partial charge is 0.497 e. The van der Waals surface area contributed by atoms with E-state index in [2.05, 4.69) is 15.4 Å². The van der Waals surface area contributed by atoms with Gasteiger partial charge in [-0.1, -0.05) is 17.7 Å². The van der Waals surface area contributed by atoms with E-state index >= 15 is 0 Å². The summed E-state index contributed by atoms with van der Waals surface area (Å²) in [6.45, 7) is 1.67. The average Bonchev–Trinajstić information content (AvgIpc) is 2.76. The smallest absolute Gasteiger partial charge is 0.323 e. The highest BCUT2D eigenvalue weighted by Gasteiger charge is 2.18. The van der Waals surface area contributed by atoms with Crippen LogP contribution in [0.5, 0.6) is 11.5 Å². The lowest BCUT2D eigenvalue weighted by molar-refractivity contribution is 0.262. The molecule has 10 heteroatoms. The van der Waals surface area contributed by atoms with Crippen LogP contribution < -0.4 is 24.8 Å². The fourth-order valence-corrected chi connectivity index (χ4v) is 4.32. The summed E-state index contributed by atoms with van der Waals surface area (Å²) >= 11 is 5.85. The summed E-state index contributed by atoms with van der Waals surface area (Å²) in [6.07, 6.45) is 0. The molecular weight excluding hydrogens is 454 g/mol. The molecule has 0 aromatic heterocycles. The molecule has 0 unspecified atom stereocenters. The van der Waals surface area contributed by atoms with Crippen molar-refractivity contribution in [3.63, 3.8) is 0 Å². The molecule has 3 N–H and O–H groups in total. The molecule has 0 aliphatic rings. The molecular formula is C22H22ClN3O5S. The van der Waals surface area contributed by atoms with Gasteiger partial charge >= 0.3 is 6.03 Å². The van der Waals surface area contributed by atoms with Crippen LogP contribution in [0.3, 0.4) is 0 Å². The molecule has 3 rings (SSSR count). The number of ether oxygens (including phenoxy) is 2. The van der Waals surface area contributed by atoms with E-state index in [4.69, 9.17) is 21.1 Å². The predicted molar refractivity (Wildman–Crippen MR) is 126 cm³/mol. The number of carbonyl (C=O) groups is 1. The fourth-order valence-electron chi connectivity index (χ4n) is 2.87. The van der Waals surface area contributed by atoms with Crippen molar-refractivity contribution in [1.29, 1.82) is 0 Å². The van der Waals surface area contributed by atoms with E-state index < -0.39 is 16.1 Å². The standard InChI is InChI=1S/C22H22ClN3O5S/c1-14-4-7-17(12-21(14)32(28,29)26-16-8-5-15(23)6-9-16)24-22(27)25-18-10-19(30-2)13-20(11-18)31-3/h4-13,26H,1-3H3,(H2,24,25,27). The normalized spacial score (nSPS) is 10.9. The zero-order valence-electron chi connectivity index (χ0n) is 17.6. The Morgan fingerprint density at radius 2 is 1.38 bits per heavy atom. The second-order valence-electron chi connectivity index (χ2n) is 6.77. The molecule has 0 saturated carbocycles. The first-order chi connectivity index (χ1) is 15.2. The Morgan fingerprint density at radius 1 is 0.812 bits per heavy atom. The average molecular weight is 476 g/mol. The Bertz CT molecular complexity index is 1210. The number of rotatable bonds is 7. The number of hydrogen-bond donors (Lipinski definition) is 3. The highest BCUT2D eigenvalue weighted by atomic mass is 35.5. The number of amides is 2. The Kier molecular flexibility index (Phi) is 7.12. The number of carbonyl (C=O) groups excluding carboxylic acids is 1. The van der Waals surface area contributed by atoms with E-state index in [0.29, 0.717) is 39.1 Å². The summed E-state index contributed by atoms with van der Waals surface area (Å²) in [4.78, 5) is 12.5. The van der Waals surface area contributed by atoms with Crippen molar-refractivity contribution < 1.29 is 22.7 Å². The number of benzene rings is 3. The lowest BCUT2D eigenvalue weighted by Gasteiger charge is -2.14. The third-order valence-electron chi connectivity index (χ3n) is 4.44. The Morgan fingerprint density at radius 3 is 1.97 bits per heavy atom. The molecule has 168 valence electrons. The van der Waals surface area contributed by atoms with Crippen LogP contribution >= 0.6 is 11.6 Å². The Labute approximate surface area is 191 Å². The van der Waals surface area contributed by atoms with Crippen molar-refractivity contribution in [2.75, 3.05) is 29.6 Å². The van der Waals surface area contributed by atoms with Gasteiger partial charge in [-0.2, -0.15) is 0 Å². The quantitative estimate of drug-likeness (QED) is 0.440. The number of urea groups is 1. The zero-order chi connectivity index (χ0) is 23.3. The van der Waals surface area contributed by atoms with Gasteiger partial charge in [0.1, 0.15) is 11.5 Å². The molecule has 3 aromatic carbocycles. The molecule has 0 saturated heterocycles. The van der Waals surface area contributed by atoms with Crippen LogP contribution in [0.2, 0.25) is 5.02 Å². The summed E-state index contributed by atoms with van der Waals surface area (Å²) < 4.78 is 38.6. The van der Waals surface area contributed by atoms with Gasteiger partial charge in [0.2, 0.25) is 0 Å². The maximum atomic E-state index is 12.9. The second-order valence-corrected chi connectivity index (χ2v) is 8.86. The number of sulfonamides is 1. The van der Waals surface area contributed by atoms with Crippen LogP contribution in [-0.2, 0) is 10.0 Å². The van der Waals surface area contributed by atoms with Crippen molar-refractivity contribution in [2.24, 2.45) is 0 Å². The van der Waals surface area contributed by atoms with Gasteiger partial charge < -0.3 is 20.1 Å². The first kappa shape index (κ1) is 23.2. The van der Waals surface area contributed by atoms with Crippen LogP contribution in [-0.4, -0.2) is 28.7 Å². The van der Waals surface area contributed by atoms with Crippen molar-refractivity contribution in [3.8, 4) is 11.5 Å². The lowest BCUT2D eigenvalue weighted by Crippen LogP contribution is -2.20. The van der Waals surface area contributed by atoms with Crippen LogP contribution in [0.4, 0.5) is 21.9 Å². The van der Waals surface area contributed by atoms with Gasteiger partial charge in [-0.15, -0.1) is 0 Å². The molecule has 0 aliphatic heterocycles. The van der Waals surface area contributed by atoms with Crippen LogP contribution in [0.15, 0.2) is 65.6 Å². The Hall–Kier alpha value is -3.43. The minimum atomic E-state index is -3.89. The molecule has 8 nitrogen and oxygen atoms in total. The monoisotopic (exact) mass is 475 g/mol. The maximum absolute atomic E-state index is 12.9. The third-order valence-corrected chi connectivity index (χ3v) is 6.22. The minimum absolute atomic E-state index is 0.0355. The molecule has 0 heterocycles. The molecule has 0 radical (unpaired) electrons. The molecule has 0 fully saturated rings. The number of nitrogens with one attached hydrogen (secondary N) is 3. The number of hydrogen-bond acceptors (Lipinski definition) is 5. The van der Waals surface area contributed by atoms with E-state index in [1.807, 2.05) is 0 Å². The van der Waals surface area contributed by atoms with Gasteiger partial charge in [-0.3, -0.25) is 4.72 Å². The van der Waals surface area contributed by atoms with Crippen LogP contribution in [0.25, 0.3) is 0 Å². The molecule has 0 bridgehead atoms. The molecule has 2 amide bonds. The van der Waals surface area contributed by atoms with Crippen molar-refractivity contribution in [2.45, 2.75) is 11.8 Å². The minimum Gasteiger partial charge on any atom is -0.497 e. The third kappa shape index (κ3) is 5.83. The number of anilines is 3. The van der Waals surface area contributed by atoms with Crippen molar-refractivity contribution >= 4 is 44.7 Å². The van der Waals surface area contributed by atoms with Gasteiger partial charge in [-0.25, -0.2) is 13.2 Å². The summed E-state index contributed by atoms with van der Waals surface area (Å²) in [5, 5.41) is 5.80. The predicted octanol–water partition coefficient (Wildman–Crippen LogP) is 5.11. The van der Waals surface area contributed by atoms with E-state index in [0.717, 1.165) is 0 Å². The van der Waals surface area contributed by atoms with Crippen molar-refractivity contribution in [1.82, 2.24) is 0 Å². The molecule has 0 spiro atoms. The molecule has 0 atom stereocenters. The Balaban J connectivity index is 1.78. The number of halogens is 1. The highest BCUT2D eigenvalue weighted by molar-refractivity contribution is 7.92. The van der Waals surface area contributed by atoms with Gasteiger partial charge in [0.25, 0.3) is 10.0 Å². The number of aryl methyl sites for hydroxylation is 1. The molecule has 0 aliphatic carbocycles. The van der Waals surface area contributed by atoms with E-state index in [1.165, 1.54) is 20.3 Å². The first-order valence-electron chi connectivity index (χ1n) is 9.40. The van der Waals surface area contributed by atoms with E-state index in [9.17, 15) is 13.2 Å². The second kappa shape index (κ2) is 9.80. The van der Waals surface area contributed by atoms with Crippen LogP contribution in [0.1, 0.15) is 5.56 Å². The molecule has 3 aromatic rings. The summed E-state index contributed by atoms with van der Waals surface area (Å²) in [7, 11) is -0.880. The van der Waals surface area contributed by atoms with E-state index in [1.54, 1.807) is 61.5 Å². The number of methoxy groups -OCH3 is 2. The van der Waals surface area contributed by atoms with Crippen molar-refractivity contribution in [3.05, 3.63) is 71.2 Å². The van der Waals surface area contributed by atoms with Gasteiger partial charge in [-0.05, 0) is 48.9 Å². The SMILES string of the molecule is COc1cc(NC(=O)Nc2ccc(C)c(S(=O)(=O)Nc3ccc(Cl)cc3)c2)cc(OC)c1. The zero-order valence-corrected chi connectivity index (χ0v) is 19.2. The van der Waals surface area contributed by atoms with Crippen LogP contribution in [0, 0.1) is 6.92 Å². The van der Waals surface area contributed by atoms with Gasteiger partial charge in [0.15, 0.2) is 0 Å². The lowest BCUT2D eigenvalue weighted by atomic mass is 10.2. The molecule has 32 heavy (non-hydrogen) atoms. The summed E-state index contributed by atoms with van der Waals surface area (Å²) in [5.41, 5.74) is 1.65.